The number of carbonyl (C=O) groups is 2. The van der Waals surface area contributed by atoms with Crippen molar-refractivity contribution in [3.63, 3.8) is 0 Å². The molecule has 0 spiro atoms. The van der Waals surface area contributed by atoms with Gasteiger partial charge in [-0.25, -0.2) is 0 Å². The molecule has 2 aromatic rings. The summed E-state index contributed by atoms with van der Waals surface area (Å²) >= 11 is 0. The summed E-state index contributed by atoms with van der Waals surface area (Å²) < 4.78 is 0. The summed E-state index contributed by atoms with van der Waals surface area (Å²) in [6.45, 7) is 0.271. The third-order valence-corrected chi connectivity index (χ3v) is 4.37. The van der Waals surface area contributed by atoms with Crippen molar-refractivity contribution in [2.45, 2.75) is 18.8 Å². The van der Waals surface area contributed by atoms with E-state index in [0.29, 0.717) is 0 Å². The lowest BCUT2D eigenvalue weighted by Gasteiger charge is -2.16. The Labute approximate surface area is 129 Å². The Morgan fingerprint density at radius 1 is 1.18 bits per heavy atom. The van der Waals surface area contributed by atoms with Crippen LogP contribution in [0.3, 0.4) is 0 Å². The van der Waals surface area contributed by atoms with Gasteiger partial charge in [0.1, 0.15) is 0 Å². The Morgan fingerprint density at radius 2 is 1.91 bits per heavy atom. The number of hydrogen-bond donors (Lipinski definition) is 1. The van der Waals surface area contributed by atoms with Crippen molar-refractivity contribution in [2.24, 2.45) is 5.92 Å². The van der Waals surface area contributed by atoms with Crippen molar-refractivity contribution in [1.82, 2.24) is 4.90 Å². The predicted octanol–water partition coefficient (Wildman–Crippen LogP) is 2.88. The van der Waals surface area contributed by atoms with Crippen LogP contribution in [0.5, 0.6) is 0 Å². The Balaban J connectivity index is 1.73. The number of fused-ring (bicyclic) bond motifs is 1. The van der Waals surface area contributed by atoms with Gasteiger partial charge in [-0.3, -0.25) is 9.59 Å². The fourth-order valence-corrected chi connectivity index (χ4v) is 3.04. The Kier molecular flexibility index (Phi) is 3.84. The highest BCUT2D eigenvalue weighted by atomic mass is 16.4. The van der Waals surface area contributed by atoms with Crippen LogP contribution in [0.2, 0.25) is 0 Å². The van der Waals surface area contributed by atoms with Gasteiger partial charge in [0.15, 0.2) is 0 Å². The van der Waals surface area contributed by atoms with Gasteiger partial charge in [-0.1, -0.05) is 42.5 Å². The van der Waals surface area contributed by atoms with Gasteiger partial charge in [-0.15, -0.1) is 0 Å². The molecular weight excluding hydrogens is 278 g/mol. The van der Waals surface area contributed by atoms with Gasteiger partial charge in [0.2, 0.25) is 5.91 Å². The van der Waals surface area contributed by atoms with Crippen LogP contribution in [0.4, 0.5) is 0 Å². The molecule has 4 nitrogen and oxygen atoms in total. The van der Waals surface area contributed by atoms with E-state index in [1.165, 1.54) is 16.3 Å². The average molecular weight is 297 g/mol. The second-order valence-electron chi connectivity index (χ2n) is 5.92. The van der Waals surface area contributed by atoms with E-state index in [4.69, 9.17) is 5.11 Å². The zero-order valence-electron chi connectivity index (χ0n) is 12.5. The highest BCUT2D eigenvalue weighted by Crippen LogP contribution is 2.50. The maximum Gasteiger partial charge on any atom is 0.305 e. The van der Waals surface area contributed by atoms with Crippen LogP contribution in [0.25, 0.3) is 10.8 Å². The minimum Gasteiger partial charge on any atom is -0.481 e. The van der Waals surface area contributed by atoms with Crippen molar-refractivity contribution in [3.8, 4) is 0 Å². The summed E-state index contributed by atoms with van der Waals surface area (Å²) in [6.07, 6.45) is 0.845. The highest BCUT2D eigenvalue weighted by molar-refractivity contribution is 5.89. The number of carbonyl (C=O) groups excluding carboxylic acids is 1. The molecule has 3 rings (SSSR count). The minimum absolute atomic E-state index is 0.00606. The number of carboxylic acid groups (broad SMARTS) is 1. The van der Waals surface area contributed by atoms with E-state index in [1.54, 1.807) is 11.9 Å². The maximum atomic E-state index is 12.4. The molecule has 4 heteroatoms. The maximum absolute atomic E-state index is 12.4. The summed E-state index contributed by atoms with van der Waals surface area (Å²) in [5.74, 6) is -0.573. The molecule has 2 aromatic carbocycles. The third kappa shape index (κ3) is 2.82. The second-order valence-corrected chi connectivity index (χ2v) is 5.92. The fourth-order valence-electron chi connectivity index (χ4n) is 3.04. The van der Waals surface area contributed by atoms with Gasteiger partial charge in [0.05, 0.1) is 6.42 Å². The Morgan fingerprint density at radius 3 is 2.68 bits per heavy atom. The van der Waals surface area contributed by atoms with Crippen LogP contribution in [-0.4, -0.2) is 35.5 Å². The molecule has 22 heavy (non-hydrogen) atoms. The normalized spacial score (nSPS) is 19.9. The van der Waals surface area contributed by atoms with Crippen LogP contribution < -0.4 is 0 Å². The van der Waals surface area contributed by atoms with E-state index in [9.17, 15) is 9.59 Å². The molecule has 114 valence electrons. The van der Waals surface area contributed by atoms with Crippen molar-refractivity contribution < 1.29 is 14.7 Å². The van der Waals surface area contributed by atoms with E-state index in [1.807, 2.05) is 18.2 Å². The number of benzene rings is 2. The molecule has 0 bridgehead atoms. The van der Waals surface area contributed by atoms with Crippen molar-refractivity contribution >= 4 is 22.6 Å². The molecule has 0 aliphatic heterocycles. The zero-order chi connectivity index (χ0) is 15.7. The molecule has 0 radical (unpaired) electrons. The summed E-state index contributed by atoms with van der Waals surface area (Å²) in [5.41, 5.74) is 1.23. The Bertz CT molecular complexity index is 720. The van der Waals surface area contributed by atoms with Crippen LogP contribution in [0.1, 0.15) is 24.3 Å². The highest BCUT2D eigenvalue weighted by Gasteiger charge is 2.45. The third-order valence-electron chi connectivity index (χ3n) is 4.37. The van der Waals surface area contributed by atoms with Gasteiger partial charge < -0.3 is 10.0 Å². The van der Waals surface area contributed by atoms with Crippen molar-refractivity contribution in [3.05, 3.63) is 48.0 Å². The van der Waals surface area contributed by atoms with Crippen LogP contribution >= 0.6 is 0 Å². The lowest BCUT2D eigenvalue weighted by Crippen LogP contribution is -2.30. The SMILES string of the molecule is CN(CCC(=O)O)C(=O)C1CC1c1cccc2ccccc12. The van der Waals surface area contributed by atoms with E-state index >= 15 is 0 Å². The van der Waals surface area contributed by atoms with Crippen molar-refractivity contribution in [1.29, 1.82) is 0 Å². The molecule has 2 atom stereocenters. The standard InChI is InChI=1S/C18H19NO3/c1-19(10-9-17(20)21)18(22)16-11-15(16)14-8-4-6-12-5-2-3-7-13(12)14/h2-8,15-16H,9-11H2,1H3,(H,20,21). The number of rotatable bonds is 5. The Hall–Kier alpha value is -2.36. The van der Waals surface area contributed by atoms with Gasteiger partial charge in [0.25, 0.3) is 0 Å². The van der Waals surface area contributed by atoms with Gasteiger partial charge in [0, 0.05) is 19.5 Å². The largest absolute Gasteiger partial charge is 0.481 e. The van der Waals surface area contributed by atoms with Crippen LogP contribution in [-0.2, 0) is 9.59 Å². The summed E-state index contributed by atoms with van der Waals surface area (Å²) in [7, 11) is 1.68. The minimum atomic E-state index is -0.874. The molecular formula is C18H19NO3. The van der Waals surface area contributed by atoms with Gasteiger partial charge in [-0.05, 0) is 28.7 Å². The van der Waals surface area contributed by atoms with E-state index < -0.39 is 5.97 Å². The molecule has 1 amide bonds. The van der Waals surface area contributed by atoms with Gasteiger partial charge in [-0.2, -0.15) is 0 Å². The number of hydrogen-bond acceptors (Lipinski definition) is 2. The molecule has 0 saturated heterocycles. The molecule has 1 aliphatic rings. The summed E-state index contributed by atoms with van der Waals surface area (Å²) in [5, 5.41) is 11.1. The smallest absolute Gasteiger partial charge is 0.305 e. The van der Waals surface area contributed by atoms with E-state index in [0.717, 1.165) is 6.42 Å². The lowest BCUT2D eigenvalue weighted by molar-refractivity contribution is -0.138. The predicted molar refractivity (Wildman–Crippen MR) is 84.7 cm³/mol. The summed E-state index contributed by atoms with van der Waals surface area (Å²) in [6, 6.07) is 14.4. The monoisotopic (exact) mass is 297 g/mol. The summed E-state index contributed by atoms with van der Waals surface area (Å²) in [4.78, 5) is 24.5. The molecule has 2 unspecified atom stereocenters. The molecule has 1 saturated carbocycles. The molecule has 1 aliphatic carbocycles. The first-order chi connectivity index (χ1) is 10.6. The topological polar surface area (TPSA) is 57.6 Å². The molecule has 0 heterocycles. The van der Waals surface area contributed by atoms with Crippen LogP contribution in [0, 0.1) is 5.92 Å². The molecule has 1 N–H and O–H groups in total. The number of amides is 1. The quantitative estimate of drug-likeness (QED) is 0.923. The lowest BCUT2D eigenvalue weighted by atomic mass is 10.00. The van der Waals surface area contributed by atoms with E-state index in [-0.39, 0.29) is 30.7 Å². The van der Waals surface area contributed by atoms with E-state index in [2.05, 4.69) is 24.3 Å². The van der Waals surface area contributed by atoms with Crippen LogP contribution in [0.15, 0.2) is 42.5 Å². The number of nitrogens with zero attached hydrogens (tertiary/aromatic N) is 1. The molecule has 1 fully saturated rings. The number of aliphatic carboxylic acids is 1. The second kappa shape index (κ2) is 5.79. The zero-order valence-corrected chi connectivity index (χ0v) is 12.5. The molecule has 0 aromatic heterocycles. The van der Waals surface area contributed by atoms with Crippen molar-refractivity contribution in [2.75, 3.05) is 13.6 Å². The van der Waals surface area contributed by atoms with Gasteiger partial charge >= 0.3 is 5.97 Å². The first-order valence-electron chi connectivity index (χ1n) is 7.52. The first-order valence-corrected chi connectivity index (χ1v) is 7.52. The fraction of sp³-hybridized carbons (Fsp3) is 0.333. The average Bonchev–Trinajstić information content (AvgIpc) is 3.31. The number of carboxylic acids is 1. The first kappa shape index (κ1) is 14.6.